The van der Waals surface area contributed by atoms with Crippen LogP contribution in [0.4, 0.5) is 8.78 Å². The maximum atomic E-state index is 13.3. The van der Waals surface area contributed by atoms with Crippen LogP contribution in [0.2, 0.25) is 0 Å². The van der Waals surface area contributed by atoms with Crippen molar-refractivity contribution in [2.24, 2.45) is 0 Å². The zero-order valence-electron chi connectivity index (χ0n) is 8.48. The molecule has 0 fully saturated rings. The molecule has 0 aliphatic rings. The van der Waals surface area contributed by atoms with Gasteiger partial charge in [0.2, 0.25) is 0 Å². The van der Waals surface area contributed by atoms with Gasteiger partial charge in [-0.1, -0.05) is 12.2 Å². The van der Waals surface area contributed by atoms with Gasteiger partial charge in [0.25, 0.3) is 0 Å². The standard InChI is InChI=1S/C12H14F2/c1-3-4-5-6-10-8-11(13)9(2)7-12(10)14/h3-4,7-8H,5-6H2,1-2H3. The second-order valence-electron chi connectivity index (χ2n) is 3.30. The molecule has 0 heterocycles. The summed E-state index contributed by atoms with van der Waals surface area (Å²) in [4.78, 5) is 0. The summed E-state index contributed by atoms with van der Waals surface area (Å²) in [6.45, 7) is 3.47. The molecule has 0 saturated heterocycles. The molecule has 0 radical (unpaired) electrons. The van der Waals surface area contributed by atoms with Crippen LogP contribution < -0.4 is 0 Å². The van der Waals surface area contributed by atoms with Gasteiger partial charge in [-0.25, -0.2) is 8.78 Å². The Balaban J connectivity index is 2.81. The first-order chi connectivity index (χ1) is 6.65. The number of benzene rings is 1. The van der Waals surface area contributed by atoms with Crippen molar-refractivity contribution < 1.29 is 8.78 Å². The Hall–Kier alpha value is -1.18. The number of aryl methyl sites for hydroxylation is 2. The molecule has 0 aromatic heterocycles. The molecule has 1 aromatic carbocycles. The molecule has 0 unspecified atom stereocenters. The third-order valence-corrected chi connectivity index (χ3v) is 2.14. The minimum atomic E-state index is -0.332. The molecule has 0 amide bonds. The molecular weight excluding hydrogens is 182 g/mol. The van der Waals surface area contributed by atoms with Crippen molar-refractivity contribution in [3.05, 3.63) is 47.0 Å². The summed E-state index contributed by atoms with van der Waals surface area (Å²) in [6.07, 6.45) is 5.14. The van der Waals surface area contributed by atoms with Crippen molar-refractivity contribution >= 4 is 0 Å². The van der Waals surface area contributed by atoms with E-state index in [1.54, 1.807) is 6.92 Å². The summed E-state index contributed by atoms with van der Waals surface area (Å²) in [7, 11) is 0. The molecule has 0 spiro atoms. The highest BCUT2D eigenvalue weighted by molar-refractivity contribution is 5.25. The second-order valence-corrected chi connectivity index (χ2v) is 3.30. The average Bonchev–Trinajstić information content (AvgIpc) is 2.14. The molecule has 1 aromatic rings. The highest BCUT2D eigenvalue weighted by atomic mass is 19.1. The Kier molecular flexibility index (Phi) is 3.81. The van der Waals surface area contributed by atoms with Crippen LogP contribution in [0.25, 0.3) is 0 Å². The smallest absolute Gasteiger partial charge is 0.126 e. The molecule has 0 aliphatic carbocycles. The van der Waals surface area contributed by atoms with Gasteiger partial charge in [-0.2, -0.15) is 0 Å². The summed E-state index contributed by atoms with van der Waals surface area (Å²) in [5.41, 5.74) is 0.809. The van der Waals surface area contributed by atoms with Crippen LogP contribution in [0.15, 0.2) is 24.3 Å². The van der Waals surface area contributed by atoms with Gasteiger partial charge in [0, 0.05) is 0 Å². The lowest BCUT2D eigenvalue weighted by Gasteiger charge is -2.03. The van der Waals surface area contributed by atoms with E-state index in [4.69, 9.17) is 0 Å². The predicted octanol–water partition coefficient (Wildman–Crippen LogP) is 3.78. The zero-order valence-corrected chi connectivity index (χ0v) is 8.48. The summed E-state index contributed by atoms with van der Waals surface area (Å²) in [5.74, 6) is -0.643. The quantitative estimate of drug-likeness (QED) is 0.645. The molecule has 0 nitrogen and oxygen atoms in total. The Morgan fingerprint density at radius 3 is 2.57 bits per heavy atom. The van der Waals surface area contributed by atoms with Gasteiger partial charge in [-0.15, -0.1) is 0 Å². The van der Waals surface area contributed by atoms with E-state index in [2.05, 4.69) is 0 Å². The Bertz CT molecular complexity index is 340. The van der Waals surface area contributed by atoms with Gasteiger partial charge in [0.05, 0.1) is 0 Å². The molecule has 0 bridgehead atoms. The van der Waals surface area contributed by atoms with Crippen LogP contribution in [0.5, 0.6) is 0 Å². The Morgan fingerprint density at radius 2 is 1.93 bits per heavy atom. The minimum Gasteiger partial charge on any atom is -0.207 e. The fourth-order valence-electron chi connectivity index (χ4n) is 1.28. The normalized spacial score (nSPS) is 11.1. The minimum absolute atomic E-state index is 0.312. The van der Waals surface area contributed by atoms with Gasteiger partial charge in [-0.3, -0.25) is 0 Å². The number of halogens is 2. The SMILES string of the molecule is CC=CCCc1cc(F)c(C)cc1F. The molecule has 2 heteroatoms. The van der Waals surface area contributed by atoms with Crippen molar-refractivity contribution in [1.82, 2.24) is 0 Å². The molecule has 76 valence electrons. The first kappa shape index (κ1) is 10.9. The van der Waals surface area contributed by atoms with E-state index in [-0.39, 0.29) is 11.6 Å². The second kappa shape index (κ2) is 4.89. The van der Waals surface area contributed by atoms with E-state index < -0.39 is 0 Å². The number of hydrogen-bond acceptors (Lipinski definition) is 0. The fourth-order valence-corrected chi connectivity index (χ4v) is 1.28. The van der Waals surface area contributed by atoms with Gasteiger partial charge in [-0.05, 0) is 49.9 Å². The third kappa shape index (κ3) is 2.66. The van der Waals surface area contributed by atoms with Crippen LogP contribution >= 0.6 is 0 Å². The molecule has 14 heavy (non-hydrogen) atoms. The summed E-state index contributed by atoms with van der Waals surface area (Å²) < 4.78 is 26.4. The lowest BCUT2D eigenvalue weighted by atomic mass is 10.1. The maximum Gasteiger partial charge on any atom is 0.126 e. The third-order valence-electron chi connectivity index (χ3n) is 2.14. The number of hydrogen-bond donors (Lipinski definition) is 0. The van der Waals surface area contributed by atoms with E-state index >= 15 is 0 Å². The van der Waals surface area contributed by atoms with Crippen molar-refractivity contribution in [3.8, 4) is 0 Å². The van der Waals surface area contributed by atoms with E-state index in [0.29, 0.717) is 17.5 Å². The first-order valence-electron chi connectivity index (χ1n) is 4.71. The topological polar surface area (TPSA) is 0 Å². The number of allylic oxidation sites excluding steroid dienone is 2. The molecule has 0 saturated carbocycles. The van der Waals surface area contributed by atoms with E-state index in [1.807, 2.05) is 19.1 Å². The summed E-state index contributed by atoms with van der Waals surface area (Å²) in [6, 6.07) is 2.54. The van der Waals surface area contributed by atoms with Crippen LogP contribution in [0, 0.1) is 18.6 Å². The van der Waals surface area contributed by atoms with Gasteiger partial charge in [0.15, 0.2) is 0 Å². The van der Waals surface area contributed by atoms with Crippen molar-refractivity contribution in [2.75, 3.05) is 0 Å². The van der Waals surface area contributed by atoms with Gasteiger partial charge < -0.3 is 0 Å². The largest absolute Gasteiger partial charge is 0.207 e. The van der Waals surface area contributed by atoms with E-state index in [1.165, 1.54) is 12.1 Å². The highest BCUT2D eigenvalue weighted by Gasteiger charge is 2.05. The monoisotopic (exact) mass is 196 g/mol. The average molecular weight is 196 g/mol. The molecule has 1 rings (SSSR count). The molecular formula is C12H14F2. The molecule has 0 aliphatic heterocycles. The number of rotatable bonds is 3. The van der Waals surface area contributed by atoms with Crippen LogP contribution in [-0.2, 0) is 6.42 Å². The first-order valence-corrected chi connectivity index (χ1v) is 4.71. The Morgan fingerprint density at radius 1 is 1.21 bits per heavy atom. The lowest BCUT2D eigenvalue weighted by Crippen LogP contribution is -1.94. The Labute approximate surface area is 83.3 Å². The van der Waals surface area contributed by atoms with Crippen LogP contribution in [-0.4, -0.2) is 0 Å². The maximum absolute atomic E-state index is 13.3. The van der Waals surface area contributed by atoms with E-state index in [9.17, 15) is 8.78 Å². The highest BCUT2D eigenvalue weighted by Crippen LogP contribution is 2.15. The van der Waals surface area contributed by atoms with Crippen LogP contribution in [0.1, 0.15) is 24.5 Å². The fraction of sp³-hybridized carbons (Fsp3) is 0.333. The predicted molar refractivity (Wildman–Crippen MR) is 54.2 cm³/mol. The van der Waals surface area contributed by atoms with Crippen molar-refractivity contribution in [3.63, 3.8) is 0 Å². The molecule has 0 atom stereocenters. The van der Waals surface area contributed by atoms with Crippen molar-refractivity contribution in [1.29, 1.82) is 0 Å². The van der Waals surface area contributed by atoms with E-state index in [0.717, 1.165) is 6.42 Å². The van der Waals surface area contributed by atoms with Gasteiger partial charge >= 0.3 is 0 Å². The summed E-state index contributed by atoms with van der Waals surface area (Å²) >= 11 is 0. The summed E-state index contributed by atoms with van der Waals surface area (Å²) in [5, 5.41) is 0. The van der Waals surface area contributed by atoms with Crippen LogP contribution in [0.3, 0.4) is 0 Å². The lowest BCUT2D eigenvalue weighted by molar-refractivity contribution is 0.578. The van der Waals surface area contributed by atoms with Crippen molar-refractivity contribution in [2.45, 2.75) is 26.7 Å². The zero-order chi connectivity index (χ0) is 10.6. The van der Waals surface area contributed by atoms with Gasteiger partial charge in [0.1, 0.15) is 11.6 Å². The molecule has 0 N–H and O–H groups in total.